The van der Waals surface area contributed by atoms with E-state index in [2.05, 4.69) is 11.1 Å². The first kappa shape index (κ1) is 15.5. The van der Waals surface area contributed by atoms with Crippen molar-refractivity contribution in [2.75, 3.05) is 13.2 Å². The van der Waals surface area contributed by atoms with Gasteiger partial charge in [0.05, 0.1) is 12.5 Å². The topological polar surface area (TPSA) is 66.2 Å². The van der Waals surface area contributed by atoms with Gasteiger partial charge in [-0.15, -0.1) is 0 Å². The molecule has 1 aromatic carbocycles. The minimum atomic E-state index is -0.150. The predicted molar refractivity (Wildman–Crippen MR) is 81.8 cm³/mol. The molecule has 0 unspecified atom stereocenters. The van der Waals surface area contributed by atoms with Crippen molar-refractivity contribution in [3.63, 3.8) is 0 Å². The summed E-state index contributed by atoms with van der Waals surface area (Å²) in [6.07, 6.45) is 3.69. The molecule has 0 radical (unpaired) electrons. The van der Waals surface area contributed by atoms with Gasteiger partial charge in [-0.25, -0.2) is 0 Å². The summed E-state index contributed by atoms with van der Waals surface area (Å²) in [7, 11) is 0. The molecule has 0 atom stereocenters. The molecular weight excluding hydrogens is 278 g/mol. The number of pyridine rings is 1. The number of benzene rings is 1. The van der Waals surface area contributed by atoms with Crippen molar-refractivity contribution in [3.8, 4) is 11.8 Å². The number of hydrogen-bond donors (Lipinski definition) is 0. The number of aromatic nitrogens is 1. The zero-order valence-electron chi connectivity index (χ0n) is 12.2. The summed E-state index contributed by atoms with van der Waals surface area (Å²) in [6, 6.07) is 15.0. The second-order valence-electron chi connectivity index (χ2n) is 4.69. The Morgan fingerprint density at radius 2 is 2.05 bits per heavy atom. The third-order valence-corrected chi connectivity index (χ3v) is 3.05. The summed E-state index contributed by atoms with van der Waals surface area (Å²) in [4.78, 5) is 17.9. The molecule has 5 heteroatoms. The van der Waals surface area contributed by atoms with Gasteiger partial charge in [0.25, 0.3) is 5.91 Å². The number of amides is 1. The van der Waals surface area contributed by atoms with Crippen LogP contribution >= 0.6 is 0 Å². The molecule has 5 nitrogen and oxygen atoms in total. The normalized spacial score (nSPS) is 9.77. The van der Waals surface area contributed by atoms with Gasteiger partial charge in [-0.05, 0) is 23.8 Å². The van der Waals surface area contributed by atoms with Gasteiger partial charge in [0.2, 0.25) is 0 Å². The third kappa shape index (κ3) is 4.91. The van der Waals surface area contributed by atoms with Crippen LogP contribution < -0.4 is 4.74 Å². The monoisotopic (exact) mass is 295 g/mol. The Morgan fingerprint density at radius 3 is 2.73 bits per heavy atom. The van der Waals surface area contributed by atoms with Crippen LogP contribution in [0.25, 0.3) is 0 Å². The Hall–Kier alpha value is -2.87. The molecule has 1 aromatic heterocycles. The summed E-state index contributed by atoms with van der Waals surface area (Å²) >= 11 is 0. The Balaban J connectivity index is 1.95. The number of nitriles is 1. The molecule has 0 aliphatic rings. The molecule has 0 fully saturated rings. The van der Waals surface area contributed by atoms with E-state index in [1.165, 1.54) is 0 Å². The first-order chi connectivity index (χ1) is 10.8. The van der Waals surface area contributed by atoms with Crippen LogP contribution in [0.2, 0.25) is 0 Å². The summed E-state index contributed by atoms with van der Waals surface area (Å²) in [5, 5.41) is 8.74. The van der Waals surface area contributed by atoms with Crippen LogP contribution in [0.15, 0.2) is 54.9 Å². The highest BCUT2D eigenvalue weighted by Gasteiger charge is 2.14. The second-order valence-corrected chi connectivity index (χ2v) is 4.69. The fourth-order valence-corrected chi connectivity index (χ4v) is 1.94. The number of rotatable bonds is 7. The van der Waals surface area contributed by atoms with Crippen molar-refractivity contribution in [2.24, 2.45) is 0 Å². The van der Waals surface area contributed by atoms with Gasteiger partial charge in [-0.1, -0.05) is 24.3 Å². The van der Waals surface area contributed by atoms with Gasteiger partial charge in [-0.2, -0.15) is 5.26 Å². The summed E-state index contributed by atoms with van der Waals surface area (Å²) < 4.78 is 5.48. The van der Waals surface area contributed by atoms with Gasteiger partial charge in [-0.3, -0.25) is 9.78 Å². The maximum Gasteiger partial charge on any atom is 0.260 e. The Labute approximate surface area is 129 Å². The van der Waals surface area contributed by atoms with Crippen LogP contribution in [-0.2, 0) is 11.3 Å². The lowest BCUT2D eigenvalue weighted by atomic mass is 10.2. The maximum absolute atomic E-state index is 12.3. The van der Waals surface area contributed by atoms with E-state index in [-0.39, 0.29) is 18.9 Å². The highest BCUT2D eigenvalue weighted by Crippen LogP contribution is 2.09. The lowest BCUT2D eigenvalue weighted by Crippen LogP contribution is -2.35. The third-order valence-electron chi connectivity index (χ3n) is 3.05. The molecule has 2 rings (SSSR count). The van der Waals surface area contributed by atoms with Crippen LogP contribution in [0.4, 0.5) is 0 Å². The van der Waals surface area contributed by atoms with E-state index in [1.807, 2.05) is 30.3 Å². The number of carbonyl (C=O) groups is 1. The quantitative estimate of drug-likeness (QED) is 0.786. The molecule has 0 bridgehead atoms. The van der Waals surface area contributed by atoms with Gasteiger partial charge in [0, 0.05) is 25.5 Å². The Bertz CT molecular complexity index is 623. The number of hydrogen-bond acceptors (Lipinski definition) is 4. The first-order valence-electron chi connectivity index (χ1n) is 7.01. The largest absolute Gasteiger partial charge is 0.484 e. The van der Waals surface area contributed by atoms with Crippen molar-refractivity contribution in [2.45, 2.75) is 13.0 Å². The van der Waals surface area contributed by atoms with Crippen LogP contribution in [0, 0.1) is 11.3 Å². The number of para-hydroxylation sites is 1. The lowest BCUT2D eigenvalue weighted by Gasteiger charge is -2.21. The maximum atomic E-state index is 12.3. The minimum Gasteiger partial charge on any atom is -0.484 e. The molecular formula is C17H17N3O2. The molecule has 0 saturated heterocycles. The van der Waals surface area contributed by atoms with Crippen molar-refractivity contribution < 1.29 is 9.53 Å². The van der Waals surface area contributed by atoms with Crippen molar-refractivity contribution >= 4 is 5.91 Å². The van der Waals surface area contributed by atoms with E-state index < -0.39 is 0 Å². The van der Waals surface area contributed by atoms with Crippen LogP contribution in [0.3, 0.4) is 0 Å². The SMILES string of the molecule is N#CCCN(Cc1cccnc1)C(=O)COc1ccccc1. The summed E-state index contributed by atoms with van der Waals surface area (Å²) in [6.45, 7) is 0.755. The van der Waals surface area contributed by atoms with Crippen molar-refractivity contribution in [1.82, 2.24) is 9.88 Å². The Morgan fingerprint density at radius 1 is 1.23 bits per heavy atom. The molecule has 1 amide bonds. The average molecular weight is 295 g/mol. The molecule has 22 heavy (non-hydrogen) atoms. The standard InChI is InChI=1S/C17H17N3O2/c18-9-5-11-20(13-15-6-4-10-19-12-15)17(21)14-22-16-7-2-1-3-8-16/h1-4,6-8,10,12H,5,11,13-14H2. The second kappa shape index (κ2) is 8.42. The predicted octanol–water partition coefficient (Wildman–Crippen LogP) is 2.40. The van der Waals surface area contributed by atoms with E-state index in [9.17, 15) is 4.79 Å². The fourth-order valence-electron chi connectivity index (χ4n) is 1.94. The highest BCUT2D eigenvalue weighted by molar-refractivity contribution is 5.77. The summed E-state index contributed by atoms with van der Waals surface area (Å²) in [5.74, 6) is 0.500. The molecule has 0 N–H and O–H groups in total. The van der Waals surface area contributed by atoms with Gasteiger partial charge >= 0.3 is 0 Å². The first-order valence-corrected chi connectivity index (χ1v) is 7.01. The molecule has 2 aromatic rings. The number of ether oxygens (including phenoxy) is 1. The van der Waals surface area contributed by atoms with Gasteiger partial charge in [0.15, 0.2) is 6.61 Å². The van der Waals surface area contributed by atoms with E-state index >= 15 is 0 Å². The van der Waals surface area contributed by atoms with Gasteiger partial charge < -0.3 is 9.64 Å². The number of nitrogens with zero attached hydrogens (tertiary/aromatic N) is 3. The van der Waals surface area contributed by atoms with Crippen molar-refractivity contribution in [3.05, 3.63) is 60.4 Å². The van der Waals surface area contributed by atoms with E-state index in [1.54, 1.807) is 29.4 Å². The average Bonchev–Trinajstić information content (AvgIpc) is 2.58. The Kier molecular flexibility index (Phi) is 5.94. The molecule has 0 saturated carbocycles. The van der Waals surface area contributed by atoms with E-state index in [0.29, 0.717) is 18.8 Å². The van der Waals surface area contributed by atoms with Crippen LogP contribution in [0.1, 0.15) is 12.0 Å². The minimum absolute atomic E-state index is 0.0459. The molecule has 0 spiro atoms. The molecule has 0 aliphatic carbocycles. The number of carbonyl (C=O) groups excluding carboxylic acids is 1. The van der Waals surface area contributed by atoms with E-state index in [0.717, 1.165) is 5.56 Å². The molecule has 1 heterocycles. The summed E-state index contributed by atoms with van der Waals surface area (Å²) in [5.41, 5.74) is 0.925. The lowest BCUT2D eigenvalue weighted by molar-refractivity contribution is -0.133. The zero-order valence-corrected chi connectivity index (χ0v) is 12.2. The highest BCUT2D eigenvalue weighted by atomic mass is 16.5. The van der Waals surface area contributed by atoms with Gasteiger partial charge in [0.1, 0.15) is 5.75 Å². The van der Waals surface area contributed by atoms with E-state index in [4.69, 9.17) is 10.00 Å². The fraction of sp³-hybridized carbons (Fsp3) is 0.235. The van der Waals surface area contributed by atoms with Crippen LogP contribution in [0.5, 0.6) is 5.75 Å². The van der Waals surface area contributed by atoms with Crippen molar-refractivity contribution in [1.29, 1.82) is 5.26 Å². The smallest absolute Gasteiger partial charge is 0.260 e. The zero-order chi connectivity index (χ0) is 15.6. The molecule has 0 aliphatic heterocycles. The van der Waals surface area contributed by atoms with Crippen LogP contribution in [-0.4, -0.2) is 28.9 Å². The molecule has 112 valence electrons.